The van der Waals surface area contributed by atoms with Crippen molar-refractivity contribution in [3.63, 3.8) is 0 Å². The summed E-state index contributed by atoms with van der Waals surface area (Å²) in [5, 5.41) is 6.79. The predicted molar refractivity (Wildman–Crippen MR) is 116 cm³/mol. The van der Waals surface area contributed by atoms with E-state index in [4.69, 9.17) is 0 Å². The van der Waals surface area contributed by atoms with Gasteiger partial charge in [-0.3, -0.25) is 4.98 Å². The van der Waals surface area contributed by atoms with Gasteiger partial charge in [0.25, 0.3) is 0 Å². The maximum absolute atomic E-state index is 13.0. The van der Waals surface area contributed by atoms with Crippen molar-refractivity contribution >= 4 is 0 Å². The molecule has 3 heterocycles. The fourth-order valence-electron chi connectivity index (χ4n) is 3.59. The molecule has 0 bridgehead atoms. The second kappa shape index (κ2) is 9.81. The number of halogens is 6. The van der Waals surface area contributed by atoms with Crippen molar-refractivity contribution in [3.8, 4) is 22.6 Å². The third kappa shape index (κ3) is 5.53. The van der Waals surface area contributed by atoms with Crippen LogP contribution in [0.4, 0.5) is 26.3 Å². The van der Waals surface area contributed by atoms with Crippen molar-refractivity contribution in [2.24, 2.45) is 0 Å². The number of pyridine rings is 2. The minimum absolute atomic E-state index is 0. The van der Waals surface area contributed by atoms with Crippen molar-refractivity contribution in [2.45, 2.75) is 38.5 Å². The van der Waals surface area contributed by atoms with Crippen molar-refractivity contribution in [1.29, 1.82) is 0 Å². The molecule has 3 aromatic heterocycles. The molecule has 0 spiro atoms. The minimum Gasteiger partial charge on any atom is -0.573 e. The zero-order valence-electron chi connectivity index (χ0n) is 19.1. The van der Waals surface area contributed by atoms with Crippen LogP contribution in [0.3, 0.4) is 0 Å². The zero-order chi connectivity index (χ0) is 25.6. The average molecular weight is 684 g/mol. The predicted octanol–water partition coefficient (Wildman–Crippen LogP) is 6.63. The second-order valence-electron chi connectivity index (χ2n) is 8.50. The number of aryl methyl sites for hydroxylation is 1. The number of aromatic nitrogens is 4. The van der Waals surface area contributed by atoms with Gasteiger partial charge < -0.3 is 15.2 Å². The first-order chi connectivity index (χ1) is 16.3. The Morgan fingerprint density at radius 1 is 0.778 bits per heavy atom. The molecule has 0 aliphatic rings. The van der Waals surface area contributed by atoms with Gasteiger partial charge in [0.2, 0.25) is 0 Å². The van der Waals surface area contributed by atoms with Crippen molar-refractivity contribution < 1.29 is 47.4 Å². The van der Waals surface area contributed by atoms with E-state index in [1.807, 2.05) is 13.8 Å². The Labute approximate surface area is 217 Å². The van der Waals surface area contributed by atoms with Crippen LogP contribution in [0.2, 0.25) is 0 Å². The molecule has 0 aliphatic carbocycles. The molecule has 0 atom stereocenters. The molecule has 1 aromatic carbocycles. The Bertz CT molecular complexity index is 1380. The fraction of sp³-hybridized carbons (Fsp3) is 0.240. The van der Waals surface area contributed by atoms with Crippen LogP contribution >= 0.6 is 0 Å². The molecule has 36 heavy (non-hydrogen) atoms. The number of hydrogen-bond donors (Lipinski definition) is 0. The number of benzene rings is 1. The number of rotatable bonds is 4. The Morgan fingerprint density at radius 3 is 1.89 bits per heavy atom. The Hall–Kier alpha value is -3.00. The summed E-state index contributed by atoms with van der Waals surface area (Å²) < 4.78 is 77.8. The maximum Gasteiger partial charge on any atom is 2.00 e. The van der Waals surface area contributed by atoms with Crippen LogP contribution in [0.25, 0.3) is 22.6 Å². The van der Waals surface area contributed by atoms with Crippen LogP contribution in [0.1, 0.15) is 42.1 Å². The minimum atomic E-state index is -4.61. The largest absolute Gasteiger partial charge is 2.00 e. The van der Waals surface area contributed by atoms with Gasteiger partial charge in [0.05, 0.1) is 5.69 Å². The molecule has 0 unspecified atom stereocenters. The van der Waals surface area contributed by atoms with Crippen LogP contribution in [0, 0.1) is 13.0 Å². The quantitative estimate of drug-likeness (QED) is 0.179. The van der Waals surface area contributed by atoms with E-state index >= 15 is 0 Å². The summed E-state index contributed by atoms with van der Waals surface area (Å²) in [7, 11) is 0. The van der Waals surface area contributed by atoms with E-state index in [9.17, 15) is 26.3 Å². The zero-order valence-corrected chi connectivity index (χ0v) is 21.3. The van der Waals surface area contributed by atoms with Gasteiger partial charge in [-0.25, -0.2) is 0 Å². The van der Waals surface area contributed by atoms with Crippen LogP contribution in [0.15, 0.2) is 54.6 Å². The average Bonchev–Trinajstić information content (AvgIpc) is 3.30. The molecule has 190 valence electrons. The first-order valence-electron chi connectivity index (χ1n) is 10.4. The van der Waals surface area contributed by atoms with Gasteiger partial charge in [-0.15, -0.1) is 29.3 Å². The SMILES string of the molecule is Cc1cc(C(F)(F)F)c[c-]c1-c1cccc(C(C)(C)c2cccc(-c3cc(C(F)(F)F)n[n-]3)n2)n1.[Pt+2]. The summed E-state index contributed by atoms with van der Waals surface area (Å²) >= 11 is 0. The normalized spacial score (nSPS) is 12.4. The summed E-state index contributed by atoms with van der Waals surface area (Å²) in [6.45, 7) is 5.24. The molecule has 4 rings (SSSR count). The van der Waals surface area contributed by atoms with Gasteiger partial charge in [0.1, 0.15) is 5.69 Å². The first-order valence-corrected chi connectivity index (χ1v) is 10.4. The summed E-state index contributed by atoms with van der Waals surface area (Å²) in [5.74, 6) is 0. The van der Waals surface area contributed by atoms with E-state index in [0.717, 1.165) is 18.2 Å². The van der Waals surface area contributed by atoms with Crippen molar-refractivity contribution in [1.82, 2.24) is 20.2 Å². The van der Waals surface area contributed by atoms with E-state index in [0.29, 0.717) is 28.2 Å². The smallest absolute Gasteiger partial charge is 0.573 e. The van der Waals surface area contributed by atoms with E-state index in [1.165, 1.54) is 6.07 Å². The third-order valence-corrected chi connectivity index (χ3v) is 5.59. The second-order valence-corrected chi connectivity index (χ2v) is 8.50. The van der Waals surface area contributed by atoms with Gasteiger partial charge in [-0.1, -0.05) is 30.8 Å². The molecule has 11 heteroatoms. The monoisotopic (exact) mass is 683 g/mol. The van der Waals surface area contributed by atoms with Crippen molar-refractivity contribution in [3.05, 3.63) is 88.9 Å². The summed E-state index contributed by atoms with van der Waals surface area (Å²) in [6.07, 6.45) is -9.08. The van der Waals surface area contributed by atoms with E-state index in [2.05, 4.69) is 26.2 Å². The summed E-state index contributed by atoms with van der Waals surface area (Å²) in [5.41, 5.74) is -0.137. The molecule has 0 amide bonds. The van der Waals surface area contributed by atoms with E-state index in [1.54, 1.807) is 37.3 Å². The molecule has 0 saturated carbocycles. The molecule has 0 saturated heterocycles. The maximum atomic E-state index is 13.0. The Balaban J connectivity index is 0.00000361. The number of alkyl halides is 6. The Morgan fingerprint density at radius 2 is 1.36 bits per heavy atom. The molecule has 0 aliphatic heterocycles. The van der Waals surface area contributed by atoms with Gasteiger partial charge in [0.15, 0.2) is 0 Å². The Kier molecular flexibility index (Phi) is 7.51. The van der Waals surface area contributed by atoms with E-state index in [-0.39, 0.29) is 32.5 Å². The standard InChI is InChI=1S/C25H18F6N4.Pt/c1-14-12-15(24(26,27)28)10-11-16(14)17-6-4-8-20(32-17)23(2,3)21-9-5-7-18(33-21)19-13-22(35-34-19)25(29,30)31;/h4-10,12-13H,1-3H3;/q-2;+2. The van der Waals surface area contributed by atoms with Gasteiger partial charge in [-0.2, -0.15) is 26.3 Å². The van der Waals surface area contributed by atoms with Gasteiger partial charge in [-0.05, 0) is 49.4 Å². The molecular weight excluding hydrogens is 665 g/mol. The number of hydrogen-bond acceptors (Lipinski definition) is 3. The first kappa shape index (κ1) is 27.6. The van der Waals surface area contributed by atoms with Gasteiger partial charge in [0, 0.05) is 16.8 Å². The van der Waals surface area contributed by atoms with Crippen molar-refractivity contribution in [2.75, 3.05) is 0 Å². The van der Waals surface area contributed by atoms with Crippen LogP contribution in [0.5, 0.6) is 0 Å². The molecule has 4 nitrogen and oxygen atoms in total. The molecule has 0 radical (unpaired) electrons. The molecule has 4 aromatic rings. The summed E-state index contributed by atoms with van der Waals surface area (Å²) in [4.78, 5) is 9.16. The van der Waals surface area contributed by atoms with Crippen LogP contribution < -0.4 is 5.10 Å². The molecular formula is C25H18F6N4Pt. The molecule has 0 fully saturated rings. The molecule has 0 N–H and O–H groups in total. The third-order valence-electron chi connectivity index (χ3n) is 5.59. The fourth-order valence-corrected chi connectivity index (χ4v) is 3.59. The number of nitrogens with zero attached hydrogens (tertiary/aromatic N) is 4. The van der Waals surface area contributed by atoms with Crippen LogP contribution in [-0.4, -0.2) is 15.1 Å². The van der Waals surface area contributed by atoms with E-state index < -0.39 is 29.0 Å². The van der Waals surface area contributed by atoms with Crippen LogP contribution in [-0.2, 0) is 38.8 Å². The van der Waals surface area contributed by atoms with Gasteiger partial charge >= 0.3 is 33.4 Å². The topological polar surface area (TPSA) is 52.8 Å². The summed E-state index contributed by atoms with van der Waals surface area (Å²) in [6, 6.07) is 15.5.